The predicted molar refractivity (Wildman–Crippen MR) is 82.7 cm³/mol. The van der Waals surface area contributed by atoms with Gasteiger partial charge in [0.25, 0.3) is 0 Å². The van der Waals surface area contributed by atoms with Crippen LogP contribution in [0.25, 0.3) is 0 Å². The van der Waals surface area contributed by atoms with Crippen LogP contribution in [0.3, 0.4) is 0 Å². The van der Waals surface area contributed by atoms with E-state index in [1.807, 2.05) is 0 Å². The lowest BCUT2D eigenvalue weighted by Gasteiger charge is -2.19. The quantitative estimate of drug-likeness (QED) is 0.352. The van der Waals surface area contributed by atoms with Gasteiger partial charge in [0.2, 0.25) is 11.8 Å². The van der Waals surface area contributed by atoms with Crippen LogP contribution in [0.4, 0.5) is 0 Å². The highest BCUT2D eigenvalue weighted by atomic mass is 32.0. The molecule has 2 amide bonds. The molecule has 0 aliphatic rings. The van der Waals surface area contributed by atoms with E-state index in [0.717, 1.165) is 0 Å². The lowest BCUT2D eigenvalue weighted by Crippen LogP contribution is -2.52. The third-order valence-corrected chi connectivity index (χ3v) is 3.13. The van der Waals surface area contributed by atoms with E-state index < -0.39 is 29.9 Å². The van der Waals surface area contributed by atoms with Gasteiger partial charge in [-0.25, -0.2) is 0 Å². The van der Waals surface area contributed by atoms with Crippen molar-refractivity contribution in [2.75, 3.05) is 6.54 Å². The number of amides is 2. The van der Waals surface area contributed by atoms with Crippen molar-refractivity contribution in [1.82, 2.24) is 15.9 Å². The van der Waals surface area contributed by atoms with Crippen molar-refractivity contribution in [3.63, 3.8) is 0 Å². The van der Waals surface area contributed by atoms with Crippen molar-refractivity contribution in [3.8, 4) is 0 Å². The molecule has 0 aliphatic carbocycles. The second-order valence-corrected chi connectivity index (χ2v) is 5.28. The summed E-state index contributed by atoms with van der Waals surface area (Å²) in [6.07, 6.45) is -0.339. The van der Waals surface area contributed by atoms with Gasteiger partial charge in [-0.15, -0.1) is 0 Å². The summed E-state index contributed by atoms with van der Waals surface area (Å²) in [6, 6.07) is -1.86. The van der Waals surface area contributed by atoms with Crippen molar-refractivity contribution < 1.29 is 23.7 Å². The molecule has 116 valence electrons. The van der Waals surface area contributed by atoms with Crippen LogP contribution in [0, 0.1) is 0 Å². The number of ketones is 1. The summed E-state index contributed by atoms with van der Waals surface area (Å²) < 4.78 is 4.73. The zero-order chi connectivity index (χ0) is 16.4. The molecule has 0 aromatic rings. The molecule has 8 nitrogen and oxygen atoms in total. The maximum Gasteiger partial charge on any atom is 0.311 e. The Morgan fingerprint density at radius 2 is 1.90 bits per heavy atom. The van der Waals surface area contributed by atoms with Gasteiger partial charge in [-0.2, -0.15) is 0 Å². The van der Waals surface area contributed by atoms with E-state index in [1.165, 1.54) is 13.8 Å². The smallest absolute Gasteiger partial charge is 0.311 e. The fourth-order valence-electron chi connectivity index (χ4n) is 1.24. The molecule has 11 heteroatoms. The minimum Gasteiger partial charge on any atom is -0.444 e. The summed E-state index contributed by atoms with van der Waals surface area (Å²) in [6.45, 7) is 2.61. The second-order valence-electron chi connectivity index (χ2n) is 4.14. The average molecular weight is 333 g/mol. The third kappa shape index (κ3) is 8.76. The Labute approximate surface area is 128 Å². The van der Waals surface area contributed by atoms with Crippen molar-refractivity contribution in [3.05, 3.63) is 0 Å². The highest BCUT2D eigenvalue weighted by Crippen LogP contribution is 2.22. The Morgan fingerprint density at radius 1 is 1.29 bits per heavy atom. The van der Waals surface area contributed by atoms with Gasteiger partial charge in [-0.3, -0.25) is 19.2 Å². The van der Waals surface area contributed by atoms with Gasteiger partial charge >= 0.3 is 5.97 Å². The minimum atomic E-state index is -1.14. The molecule has 21 heavy (non-hydrogen) atoms. The van der Waals surface area contributed by atoms with Crippen LogP contribution in [0.1, 0.15) is 20.3 Å². The van der Waals surface area contributed by atoms with E-state index in [1.54, 1.807) is 0 Å². The fourth-order valence-corrected chi connectivity index (χ4v) is 1.85. The largest absolute Gasteiger partial charge is 0.444 e. The topological polar surface area (TPSA) is 114 Å². The summed E-state index contributed by atoms with van der Waals surface area (Å²) in [5.41, 5.74) is 0. The number of Topliss-reactive ketones (excluding diaryl/α,β-unsaturated/α-hetero) is 1. The number of hydrogen-bond acceptors (Lipinski definition) is 6. The van der Waals surface area contributed by atoms with Gasteiger partial charge in [0.05, 0.1) is 27.5 Å². The molecule has 0 aromatic carbocycles. The van der Waals surface area contributed by atoms with Gasteiger partial charge in [0, 0.05) is 0 Å². The van der Waals surface area contributed by atoms with Crippen LogP contribution in [-0.4, -0.2) is 50.2 Å². The highest BCUT2D eigenvalue weighted by molar-refractivity contribution is 8.00. The van der Waals surface area contributed by atoms with Crippen LogP contribution < -0.4 is 15.9 Å². The third-order valence-electron chi connectivity index (χ3n) is 2.43. The molecule has 0 aliphatic heterocycles. The van der Waals surface area contributed by atoms with E-state index in [-0.39, 0.29) is 27.2 Å². The van der Waals surface area contributed by atoms with Gasteiger partial charge in [-0.1, -0.05) is 8.93 Å². The zero-order valence-electron chi connectivity index (χ0n) is 11.8. The zero-order valence-corrected chi connectivity index (χ0v) is 13.9. The maximum atomic E-state index is 12.0. The highest BCUT2D eigenvalue weighted by Gasteiger charge is 2.26. The molecule has 0 saturated carbocycles. The number of carbonyl (C=O) groups excluding carboxylic acids is 4. The Hall–Kier alpha value is -1.04. The predicted octanol–water partition coefficient (Wildman–Crippen LogP) is -1.45. The summed E-state index contributed by atoms with van der Waals surface area (Å²) >= 11 is 0. The molecule has 4 unspecified atom stereocenters. The molecular formula is C10H18BN3O5P2. The lowest BCUT2D eigenvalue weighted by molar-refractivity contribution is -0.138. The van der Waals surface area contributed by atoms with Crippen LogP contribution in [-0.2, 0) is 23.7 Å². The number of nitrogens with one attached hydrogen (secondary N) is 3. The Bertz CT molecular complexity index is 390. The monoisotopic (exact) mass is 333 g/mol. The van der Waals surface area contributed by atoms with Crippen molar-refractivity contribution in [1.29, 1.82) is 0 Å². The first-order valence-corrected chi connectivity index (χ1v) is 8.72. The molecule has 0 saturated heterocycles. The van der Waals surface area contributed by atoms with Gasteiger partial charge in [-0.05, 0) is 13.8 Å². The molecular weight excluding hydrogens is 315 g/mol. The molecule has 0 spiro atoms. The summed E-state index contributed by atoms with van der Waals surface area (Å²) in [5, 5.41) is 6.88. The van der Waals surface area contributed by atoms with Crippen molar-refractivity contribution in [2.45, 2.75) is 32.4 Å². The maximum absolute atomic E-state index is 12.0. The van der Waals surface area contributed by atoms with Gasteiger partial charge in [0.1, 0.15) is 6.04 Å². The second kappa shape index (κ2) is 10.7. The van der Waals surface area contributed by atoms with Crippen molar-refractivity contribution >= 4 is 49.0 Å². The van der Waals surface area contributed by atoms with Gasteiger partial charge < -0.3 is 20.4 Å². The normalized spacial score (nSPS) is 13.5. The fraction of sp³-hybridized carbons (Fsp3) is 0.600. The first-order chi connectivity index (χ1) is 9.81. The van der Waals surface area contributed by atoms with E-state index >= 15 is 0 Å². The molecule has 0 fully saturated rings. The molecule has 4 atom stereocenters. The SMILES string of the molecule is [B]NCC(=O)NC(CC(=O)OPP)C(=O)NC(C)C(C)=O. The Kier molecular flexibility index (Phi) is 10.1. The molecule has 0 aromatic heterocycles. The number of rotatable bonds is 9. The van der Waals surface area contributed by atoms with E-state index in [0.29, 0.717) is 0 Å². The molecule has 0 bridgehead atoms. The van der Waals surface area contributed by atoms with Gasteiger partial charge in [0.15, 0.2) is 13.8 Å². The van der Waals surface area contributed by atoms with Crippen molar-refractivity contribution in [2.24, 2.45) is 0 Å². The molecule has 0 heterocycles. The Morgan fingerprint density at radius 3 is 2.38 bits per heavy atom. The molecule has 3 N–H and O–H groups in total. The summed E-state index contributed by atoms with van der Waals surface area (Å²) in [5.74, 6) is -2.09. The number of carbonyl (C=O) groups is 4. The first-order valence-electron chi connectivity index (χ1n) is 6.00. The average Bonchev–Trinajstić information content (AvgIpc) is 2.38. The summed E-state index contributed by atoms with van der Waals surface area (Å²) in [4.78, 5) is 46.0. The summed E-state index contributed by atoms with van der Waals surface area (Å²) in [7, 11) is 7.08. The molecule has 2 radical (unpaired) electrons. The first kappa shape index (κ1) is 20.0. The van der Waals surface area contributed by atoms with Crippen LogP contribution >= 0.6 is 17.4 Å². The standard InChI is InChI=1S/C10H18BN3O5P2/c1-5(6(2)15)13-10(18)7(3-9(17)19-21-20)14-8(16)4-12-11/h5,7,12,21H,3-4,20H2,1-2H3,(H,13,18)(H,14,16). The molecule has 0 rings (SSSR count). The van der Waals surface area contributed by atoms with E-state index in [9.17, 15) is 19.2 Å². The van der Waals surface area contributed by atoms with E-state index in [4.69, 9.17) is 12.5 Å². The van der Waals surface area contributed by atoms with Crippen LogP contribution in [0.15, 0.2) is 0 Å². The van der Waals surface area contributed by atoms with Crippen LogP contribution in [0.5, 0.6) is 0 Å². The minimum absolute atomic E-state index is 0.144. The Balaban J connectivity index is 4.76. The number of hydrogen-bond donors (Lipinski definition) is 3. The van der Waals surface area contributed by atoms with Crippen LogP contribution in [0.2, 0.25) is 0 Å². The van der Waals surface area contributed by atoms with E-state index in [2.05, 4.69) is 24.8 Å². The lowest BCUT2D eigenvalue weighted by atomic mass is 10.1.